The van der Waals surface area contributed by atoms with Gasteiger partial charge in [0, 0.05) is 18.3 Å². The maximum absolute atomic E-state index is 11.7. The molecule has 0 saturated carbocycles. The number of carbonyl (C=O) groups excluding carboxylic acids is 1. The van der Waals surface area contributed by atoms with Crippen molar-refractivity contribution in [3.63, 3.8) is 0 Å². The summed E-state index contributed by atoms with van der Waals surface area (Å²) in [5.41, 5.74) is 1.52. The van der Waals surface area contributed by atoms with Crippen LogP contribution >= 0.6 is 23.2 Å². The van der Waals surface area contributed by atoms with Gasteiger partial charge < -0.3 is 4.84 Å². The van der Waals surface area contributed by atoms with Crippen molar-refractivity contribution in [1.29, 1.82) is 0 Å². The summed E-state index contributed by atoms with van der Waals surface area (Å²) in [5, 5.41) is 8.42. The topological polar surface area (TPSA) is 56.5 Å². The van der Waals surface area contributed by atoms with Crippen molar-refractivity contribution in [2.45, 2.75) is 6.92 Å². The lowest BCUT2D eigenvalue weighted by Crippen LogP contribution is -2.03. The standard InChI is InChI=1S/C13H11Cl2N3O2/c1-8-6-12(17-18(8)2)13(19)20-16-7-9-10(14)4-3-5-11(9)15/h3-7H,1-2H3. The van der Waals surface area contributed by atoms with E-state index in [1.165, 1.54) is 6.21 Å². The second-order valence-electron chi connectivity index (χ2n) is 4.04. The first-order valence-corrected chi connectivity index (χ1v) is 6.44. The molecule has 0 fully saturated rings. The molecule has 0 unspecified atom stereocenters. The highest BCUT2D eigenvalue weighted by Gasteiger charge is 2.12. The third kappa shape index (κ3) is 3.18. The summed E-state index contributed by atoms with van der Waals surface area (Å²) in [6, 6.07) is 6.66. The van der Waals surface area contributed by atoms with Crippen molar-refractivity contribution in [1.82, 2.24) is 9.78 Å². The number of oxime groups is 1. The Bertz CT molecular complexity index is 641. The summed E-state index contributed by atoms with van der Waals surface area (Å²) >= 11 is 11.9. The number of benzene rings is 1. The average Bonchev–Trinajstić information content (AvgIpc) is 2.73. The molecule has 1 aromatic heterocycles. The van der Waals surface area contributed by atoms with E-state index in [0.29, 0.717) is 15.6 Å². The largest absolute Gasteiger partial charge is 0.385 e. The second-order valence-corrected chi connectivity index (χ2v) is 4.86. The van der Waals surface area contributed by atoms with Gasteiger partial charge in [-0.15, -0.1) is 0 Å². The highest BCUT2D eigenvalue weighted by atomic mass is 35.5. The van der Waals surface area contributed by atoms with E-state index < -0.39 is 5.97 Å². The molecule has 0 saturated heterocycles. The van der Waals surface area contributed by atoms with Gasteiger partial charge in [0.15, 0.2) is 5.69 Å². The van der Waals surface area contributed by atoms with Gasteiger partial charge in [0.25, 0.3) is 0 Å². The number of nitrogens with zero attached hydrogens (tertiary/aromatic N) is 3. The molecule has 0 bridgehead atoms. The predicted octanol–water partition coefficient (Wildman–Crippen LogP) is 3.23. The highest BCUT2D eigenvalue weighted by molar-refractivity contribution is 6.38. The number of hydrogen-bond donors (Lipinski definition) is 0. The van der Waals surface area contributed by atoms with E-state index in [9.17, 15) is 4.79 Å². The molecule has 104 valence electrons. The van der Waals surface area contributed by atoms with Gasteiger partial charge in [0.2, 0.25) is 0 Å². The van der Waals surface area contributed by atoms with Crippen LogP contribution < -0.4 is 0 Å². The molecule has 1 heterocycles. The fourth-order valence-electron chi connectivity index (χ4n) is 1.47. The zero-order valence-electron chi connectivity index (χ0n) is 10.8. The van der Waals surface area contributed by atoms with E-state index in [4.69, 9.17) is 28.0 Å². The van der Waals surface area contributed by atoms with Crippen molar-refractivity contribution in [2.75, 3.05) is 0 Å². The molecule has 20 heavy (non-hydrogen) atoms. The van der Waals surface area contributed by atoms with Crippen LogP contribution in [-0.4, -0.2) is 22.0 Å². The number of aromatic nitrogens is 2. The van der Waals surface area contributed by atoms with Crippen molar-refractivity contribution in [2.24, 2.45) is 12.2 Å². The Hall–Kier alpha value is -1.85. The molecule has 7 heteroatoms. The summed E-state index contributed by atoms with van der Waals surface area (Å²) in [6.07, 6.45) is 1.29. The molecule has 1 aromatic carbocycles. The van der Waals surface area contributed by atoms with Gasteiger partial charge in [-0.3, -0.25) is 4.68 Å². The predicted molar refractivity (Wildman–Crippen MR) is 77.4 cm³/mol. The van der Waals surface area contributed by atoms with Gasteiger partial charge in [-0.25, -0.2) is 4.79 Å². The highest BCUT2D eigenvalue weighted by Crippen LogP contribution is 2.22. The average molecular weight is 312 g/mol. The summed E-state index contributed by atoms with van der Waals surface area (Å²) in [7, 11) is 1.74. The minimum Gasteiger partial charge on any atom is -0.311 e. The van der Waals surface area contributed by atoms with E-state index >= 15 is 0 Å². The lowest BCUT2D eigenvalue weighted by atomic mass is 10.2. The molecular weight excluding hydrogens is 301 g/mol. The van der Waals surface area contributed by atoms with Gasteiger partial charge in [-0.05, 0) is 25.1 Å². The van der Waals surface area contributed by atoms with Gasteiger partial charge in [0.1, 0.15) is 0 Å². The van der Waals surface area contributed by atoms with Crippen molar-refractivity contribution in [3.8, 4) is 0 Å². The molecule has 2 aromatic rings. The SMILES string of the molecule is Cc1cc(C(=O)ON=Cc2c(Cl)cccc2Cl)nn1C. The normalized spacial score (nSPS) is 11.0. The van der Waals surface area contributed by atoms with Crippen LogP contribution in [0.25, 0.3) is 0 Å². The smallest absolute Gasteiger partial charge is 0.311 e. The van der Waals surface area contributed by atoms with Gasteiger partial charge in [-0.1, -0.05) is 34.4 Å². The molecule has 0 amide bonds. The van der Waals surface area contributed by atoms with Crippen LogP contribution in [0.15, 0.2) is 29.4 Å². The van der Waals surface area contributed by atoms with Crippen LogP contribution in [0, 0.1) is 6.92 Å². The van der Waals surface area contributed by atoms with Crippen LogP contribution in [0.4, 0.5) is 0 Å². The summed E-state index contributed by atoms with van der Waals surface area (Å²) in [6.45, 7) is 1.83. The van der Waals surface area contributed by atoms with Crippen LogP contribution in [0.2, 0.25) is 10.0 Å². The monoisotopic (exact) mass is 311 g/mol. The molecule has 0 aliphatic heterocycles. The van der Waals surface area contributed by atoms with Crippen molar-refractivity contribution < 1.29 is 9.63 Å². The Kier molecular flexibility index (Phi) is 4.42. The second kappa shape index (κ2) is 6.07. The summed E-state index contributed by atoms with van der Waals surface area (Å²) in [5.74, 6) is -0.645. The molecule has 0 aliphatic carbocycles. The van der Waals surface area contributed by atoms with Crippen LogP contribution in [0.5, 0.6) is 0 Å². The molecule has 5 nitrogen and oxygen atoms in total. The zero-order valence-corrected chi connectivity index (χ0v) is 12.3. The van der Waals surface area contributed by atoms with Gasteiger partial charge in [0.05, 0.1) is 16.3 Å². The maximum atomic E-state index is 11.7. The molecule has 0 spiro atoms. The number of hydrogen-bond acceptors (Lipinski definition) is 4. The van der Waals surface area contributed by atoms with Crippen LogP contribution in [0.1, 0.15) is 21.7 Å². The van der Waals surface area contributed by atoms with Gasteiger partial charge in [-0.2, -0.15) is 5.10 Å². The Labute approximate surface area is 125 Å². The lowest BCUT2D eigenvalue weighted by molar-refractivity contribution is 0.0511. The molecule has 2 rings (SSSR count). The van der Waals surface area contributed by atoms with Crippen molar-refractivity contribution >= 4 is 35.4 Å². The summed E-state index contributed by atoms with van der Waals surface area (Å²) < 4.78 is 1.57. The van der Waals surface area contributed by atoms with E-state index in [1.807, 2.05) is 6.92 Å². The maximum Gasteiger partial charge on any atom is 0.385 e. The minimum atomic E-state index is -0.645. The van der Waals surface area contributed by atoms with E-state index in [-0.39, 0.29) is 5.69 Å². The Balaban J connectivity index is 2.08. The Morgan fingerprint density at radius 2 is 2.05 bits per heavy atom. The minimum absolute atomic E-state index is 0.187. The van der Waals surface area contributed by atoms with E-state index in [2.05, 4.69) is 10.3 Å². The number of carbonyl (C=O) groups is 1. The molecule has 0 radical (unpaired) electrons. The van der Waals surface area contributed by atoms with E-state index in [1.54, 1.807) is 36.0 Å². The molecule has 0 aliphatic rings. The van der Waals surface area contributed by atoms with Crippen molar-refractivity contribution in [3.05, 3.63) is 51.3 Å². The zero-order chi connectivity index (χ0) is 14.7. The fraction of sp³-hybridized carbons (Fsp3) is 0.154. The third-order valence-electron chi connectivity index (χ3n) is 2.64. The van der Waals surface area contributed by atoms with Gasteiger partial charge >= 0.3 is 5.97 Å². The number of halogens is 2. The first-order chi connectivity index (χ1) is 9.49. The Morgan fingerprint density at radius 3 is 2.60 bits per heavy atom. The quantitative estimate of drug-likeness (QED) is 0.497. The molecular formula is C13H11Cl2N3O2. The summed E-state index contributed by atoms with van der Waals surface area (Å²) in [4.78, 5) is 16.4. The first kappa shape index (κ1) is 14.6. The van der Waals surface area contributed by atoms with E-state index in [0.717, 1.165) is 5.69 Å². The molecule has 0 N–H and O–H groups in total. The van der Waals surface area contributed by atoms with Crippen LogP contribution in [-0.2, 0) is 11.9 Å². The molecule has 0 atom stereocenters. The number of rotatable bonds is 3. The third-order valence-corrected chi connectivity index (χ3v) is 3.30. The lowest BCUT2D eigenvalue weighted by Gasteiger charge is -1.99. The number of aryl methyl sites for hydroxylation is 2. The fourth-order valence-corrected chi connectivity index (χ4v) is 1.96. The first-order valence-electron chi connectivity index (χ1n) is 5.68. The Morgan fingerprint density at radius 1 is 1.40 bits per heavy atom. The van der Waals surface area contributed by atoms with Crippen LogP contribution in [0.3, 0.4) is 0 Å².